The van der Waals surface area contributed by atoms with Crippen molar-refractivity contribution in [3.8, 4) is 12.1 Å². The van der Waals surface area contributed by atoms with E-state index in [1.807, 2.05) is 12.1 Å². The number of nitrogens with zero attached hydrogens (tertiary/aromatic N) is 2. The van der Waals surface area contributed by atoms with Crippen LogP contribution in [0.3, 0.4) is 0 Å². The number of carbonyl (C=O) groups excluding carboxylic acids is 2. The molecule has 0 spiro atoms. The molecule has 3 rings (SSSR count). The van der Waals surface area contributed by atoms with Gasteiger partial charge in [-0.05, 0) is 54.6 Å². The van der Waals surface area contributed by atoms with E-state index in [9.17, 15) is 22.8 Å². The van der Waals surface area contributed by atoms with E-state index in [1.54, 1.807) is 0 Å². The second-order valence-corrected chi connectivity index (χ2v) is 7.24. The molecule has 0 aliphatic carbocycles. The number of nitrogens with one attached hydrogen (secondary N) is 2. The Hall–Kier alpha value is -5.03. The van der Waals surface area contributed by atoms with E-state index in [-0.39, 0.29) is 45.0 Å². The van der Waals surface area contributed by atoms with Crippen LogP contribution in [0.15, 0.2) is 54.6 Å². The number of alkyl halides is 3. The van der Waals surface area contributed by atoms with Crippen molar-refractivity contribution in [2.24, 2.45) is 0 Å². The number of halogens is 3. The Kier molecular flexibility index (Phi) is 7.46. The predicted molar refractivity (Wildman–Crippen MR) is 123 cm³/mol. The molecule has 3 aromatic rings. The summed E-state index contributed by atoms with van der Waals surface area (Å²) >= 11 is 0. The van der Waals surface area contributed by atoms with Crippen LogP contribution in [0.1, 0.15) is 37.4 Å². The molecule has 0 aliphatic rings. The van der Waals surface area contributed by atoms with E-state index >= 15 is 0 Å². The zero-order valence-electron chi connectivity index (χ0n) is 18.9. The van der Waals surface area contributed by atoms with Gasteiger partial charge in [-0.15, -0.1) is 0 Å². The molecule has 182 valence electrons. The van der Waals surface area contributed by atoms with Crippen molar-refractivity contribution in [3.05, 3.63) is 82.4 Å². The highest BCUT2D eigenvalue weighted by Gasteiger charge is 2.31. The first-order valence-electron chi connectivity index (χ1n) is 10.1. The van der Waals surface area contributed by atoms with E-state index in [0.29, 0.717) is 0 Å². The standard InChI is InChI=1S/C25H17F3N4O4/c1-35-23(33)17-9-14(12-29)3-6-19(17)31-21-8-5-16(25(26,27)28)11-22(21)32-20-7-4-15(13-30)10-18(20)24(34)36-2/h3-11,31-32H,1-2H3. The summed E-state index contributed by atoms with van der Waals surface area (Å²) in [5.41, 5.74) is -0.497. The number of hydrogen-bond acceptors (Lipinski definition) is 8. The highest BCUT2D eigenvalue weighted by molar-refractivity contribution is 5.99. The summed E-state index contributed by atoms with van der Waals surface area (Å²) in [6.07, 6.45) is -4.67. The van der Waals surface area contributed by atoms with Gasteiger partial charge in [0, 0.05) is 0 Å². The average Bonchev–Trinajstić information content (AvgIpc) is 2.88. The van der Waals surface area contributed by atoms with Gasteiger partial charge in [-0.2, -0.15) is 23.7 Å². The van der Waals surface area contributed by atoms with Gasteiger partial charge in [-0.25, -0.2) is 9.59 Å². The average molecular weight is 494 g/mol. The van der Waals surface area contributed by atoms with Crippen molar-refractivity contribution < 1.29 is 32.2 Å². The molecule has 0 fully saturated rings. The minimum absolute atomic E-state index is 0.0176. The molecular weight excluding hydrogens is 477 g/mol. The lowest BCUT2D eigenvalue weighted by Crippen LogP contribution is -2.10. The summed E-state index contributed by atoms with van der Waals surface area (Å²) in [7, 11) is 2.27. The fraction of sp³-hybridized carbons (Fsp3) is 0.120. The summed E-state index contributed by atoms with van der Waals surface area (Å²) in [6.45, 7) is 0. The van der Waals surface area contributed by atoms with Crippen molar-refractivity contribution in [2.75, 3.05) is 24.9 Å². The lowest BCUT2D eigenvalue weighted by molar-refractivity contribution is -0.137. The van der Waals surface area contributed by atoms with Crippen molar-refractivity contribution in [1.29, 1.82) is 10.5 Å². The van der Waals surface area contributed by atoms with E-state index < -0.39 is 23.7 Å². The molecule has 0 unspecified atom stereocenters. The van der Waals surface area contributed by atoms with Crippen LogP contribution in [0.2, 0.25) is 0 Å². The Bertz CT molecular complexity index is 1420. The Balaban J connectivity index is 2.14. The highest BCUT2D eigenvalue weighted by atomic mass is 19.4. The summed E-state index contributed by atoms with van der Waals surface area (Å²) in [5.74, 6) is -1.58. The number of methoxy groups -OCH3 is 2. The van der Waals surface area contributed by atoms with E-state index in [1.165, 1.54) is 36.4 Å². The summed E-state index contributed by atoms with van der Waals surface area (Å²) in [5, 5.41) is 24.0. The van der Waals surface area contributed by atoms with Crippen molar-refractivity contribution in [3.63, 3.8) is 0 Å². The lowest BCUT2D eigenvalue weighted by Gasteiger charge is -2.19. The van der Waals surface area contributed by atoms with Crippen LogP contribution in [0.25, 0.3) is 0 Å². The molecule has 0 aliphatic heterocycles. The van der Waals surface area contributed by atoms with Crippen LogP contribution in [0.5, 0.6) is 0 Å². The molecule has 0 saturated carbocycles. The number of ether oxygens (including phenoxy) is 2. The predicted octanol–water partition coefficient (Wildman–Crippen LogP) is 5.51. The van der Waals surface area contributed by atoms with Gasteiger partial charge in [-0.3, -0.25) is 0 Å². The summed E-state index contributed by atoms with van der Waals surface area (Å²) in [4.78, 5) is 24.5. The Labute approximate surface area is 203 Å². The number of esters is 2. The third kappa shape index (κ3) is 5.54. The molecule has 0 radical (unpaired) electrons. The van der Waals surface area contributed by atoms with Crippen molar-refractivity contribution >= 4 is 34.7 Å². The molecule has 2 N–H and O–H groups in total. The minimum atomic E-state index is -4.67. The van der Waals surface area contributed by atoms with E-state index in [0.717, 1.165) is 32.4 Å². The van der Waals surface area contributed by atoms with Crippen LogP contribution in [-0.4, -0.2) is 26.2 Å². The van der Waals surface area contributed by atoms with Gasteiger partial charge in [-0.1, -0.05) is 0 Å². The smallest absolute Gasteiger partial charge is 0.416 e. The number of carbonyl (C=O) groups is 2. The van der Waals surface area contributed by atoms with Gasteiger partial charge in [0.05, 0.1) is 76.9 Å². The van der Waals surface area contributed by atoms with Crippen LogP contribution < -0.4 is 10.6 Å². The van der Waals surface area contributed by atoms with Crippen molar-refractivity contribution in [2.45, 2.75) is 6.18 Å². The van der Waals surface area contributed by atoms with Crippen LogP contribution in [0, 0.1) is 22.7 Å². The molecule has 0 bridgehead atoms. The number of nitriles is 2. The molecule has 0 heterocycles. The van der Waals surface area contributed by atoms with E-state index in [4.69, 9.17) is 20.0 Å². The first-order valence-corrected chi connectivity index (χ1v) is 10.1. The maximum Gasteiger partial charge on any atom is 0.416 e. The zero-order chi connectivity index (χ0) is 26.5. The maximum atomic E-state index is 13.5. The summed E-state index contributed by atoms with van der Waals surface area (Å²) in [6, 6.07) is 14.7. The summed E-state index contributed by atoms with van der Waals surface area (Å²) < 4.78 is 49.9. The number of anilines is 4. The van der Waals surface area contributed by atoms with Gasteiger partial charge >= 0.3 is 18.1 Å². The van der Waals surface area contributed by atoms with Gasteiger partial charge in [0.1, 0.15) is 0 Å². The third-order valence-corrected chi connectivity index (χ3v) is 4.99. The topological polar surface area (TPSA) is 124 Å². The lowest BCUT2D eigenvalue weighted by atomic mass is 10.1. The minimum Gasteiger partial charge on any atom is -0.465 e. The SMILES string of the molecule is COC(=O)c1cc(C#N)ccc1Nc1ccc(C(F)(F)F)cc1Nc1ccc(C#N)cc1C(=O)OC. The number of rotatable bonds is 6. The van der Waals surface area contributed by atoms with E-state index in [2.05, 4.69) is 10.6 Å². The van der Waals surface area contributed by atoms with Crippen LogP contribution in [0.4, 0.5) is 35.9 Å². The Morgan fingerprint density at radius 1 is 0.722 bits per heavy atom. The Morgan fingerprint density at radius 3 is 1.58 bits per heavy atom. The third-order valence-electron chi connectivity index (χ3n) is 4.99. The fourth-order valence-electron chi connectivity index (χ4n) is 3.23. The maximum absolute atomic E-state index is 13.5. The molecule has 0 aromatic heterocycles. The first kappa shape index (κ1) is 25.6. The highest BCUT2D eigenvalue weighted by Crippen LogP contribution is 2.37. The van der Waals surface area contributed by atoms with Gasteiger partial charge in [0.25, 0.3) is 0 Å². The fourth-order valence-corrected chi connectivity index (χ4v) is 3.23. The first-order chi connectivity index (χ1) is 17.1. The molecule has 0 atom stereocenters. The second kappa shape index (κ2) is 10.5. The molecule has 8 nitrogen and oxygen atoms in total. The largest absolute Gasteiger partial charge is 0.465 e. The molecule has 36 heavy (non-hydrogen) atoms. The van der Waals surface area contributed by atoms with Gasteiger partial charge in [0.15, 0.2) is 0 Å². The monoisotopic (exact) mass is 494 g/mol. The number of hydrogen-bond donors (Lipinski definition) is 2. The molecular formula is C25H17F3N4O4. The molecule has 0 amide bonds. The van der Waals surface area contributed by atoms with Crippen LogP contribution in [-0.2, 0) is 15.7 Å². The second-order valence-electron chi connectivity index (χ2n) is 7.24. The van der Waals surface area contributed by atoms with Gasteiger partial charge < -0.3 is 20.1 Å². The Morgan fingerprint density at radius 2 is 1.17 bits per heavy atom. The quantitative estimate of drug-likeness (QED) is 0.430. The van der Waals surface area contributed by atoms with Crippen LogP contribution >= 0.6 is 0 Å². The number of benzene rings is 3. The van der Waals surface area contributed by atoms with Crippen molar-refractivity contribution in [1.82, 2.24) is 0 Å². The molecule has 11 heteroatoms. The van der Waals surface area contributed by atoms with Gasteiger partial charge in [0.2, 0.25) is 0 Å². The molecule has 3 aromatic carbocycles. The normalized spacial score (nSPS) is 10.5. The molecule has 0 saturated heterocycles. The zero-order valence-corrected chi connectivity index (χ0v) is 18.9.